The molecule has 28 nitrogen and oxygen atoms in total. The Hall–Kier alpha value is -11.6. The normalized spacial score (nSPS) is 16.4. The second-order valence-corrected chi connectivity index (χ2v) is 31.2. The smallest absolute Gasteiger partial charge is 0.410 e. The van der Waals surface area contributed by atoms with E-state index < -0.39 is 35.0 Å². The van der Waals surface area contributed by atoms with Gasteiger partial charge in [0.25, 0.3) is 0 Å². The van der Waals surface area contributed by atoms with E-state index in [1.165, 1.54) is 28.0 Å². The second-order valence-electron chi connectivity index (χ2n) is 30.9. The van der Waals surface area contributed by atoms with Crippen LogP contribution in [-0.4, -0.2) is 174 Å². The van der Waals surface area contributed by atoms with E-state index in [4.69, 9.17) is 41.0 Å². The summed E-state index contributed by atoms with van der Waals surface area (Å²) < 4.78 is 70.6. The van der Waals surface area contributed by atoms with Gasteiger partial charge >= 0.3 is 12.2 Å². The first-order valence-electron chi connectivity index (χ1n) is 35.9. The van der Waals surface area contributed by atoms with Crippen LogP contribution in [0.3, 0.4) is 0 Å². The number of hydrogen-bond acceptors (Lipinski definition) is 23. The second kappa shape index (κ2) is 33.2. The Balaban J connectivity index is 0.000000153. The van der Waals surface area contributed by atoms with Gasteiger partial charge in [-0.25, -0.2) is 67.6 Å². The average molecular weight is 1580 g/mol. The summed E-state index contributed by atoms with van der Waals surface area (Å²) in [5, 5.41) is 9.32. The van der Waals surface area contributed by atoms with Crippen LogP contribution >= 0.6 is 24.0 Å². The summed E-state index contributed by atoms with van der Waals surface area (Å²) >= 11 is 5.77. The monoisotopic (exact) mass is 1570 g/mol. The molecular weight excluding hydrogens is 1490 g/mol. The van der Waals surface area contributed by atoms with E-state index in [2.05, 4.69) is 60.8 Å². The number of benzene rings is 3. The Kier molecular flexibility index (Phi) is 24.1. The molecule has 0 aliphatic carbocycles. The van der Waals surface area contributed by atoms with Gasteiger partial charge in [0, 0.05) is 107 Å². The fourth-order valence-corrected chi connectivity index (χ4v) is 12.7. The lowest BCUT2D eigenvalue weighted by atomic mass is 9.85. The molecule has 9 aromatic rings. The standard InChI is InChI=1S/C28H31FN6O4.C23H23FN6O2.C14H12ClFN2O.C14H20N4O3.ClH/c1-27(2,3)39-26(37)34-10-11-35(23(36)15-34)18-6-7-22(31-14-18)33-25-30-9-8-21(32-25)17-12-19-24(20(29)13-17)38-16-28(19,4)5;1-23(2)13-32-21-16(23)9-14(10-17(21)24)18-5-6-26-22(28-18)29-19-4-3-15(11-27-19)30-8-7-25-12-20(30)31;1-14(2)7-19-12-9(14)5-8(6-10(12)16)11-3-4-17-13(15)18-11;1-14(2,3)21-13(20)17-6-7-18(12(19)9-17)10-4-5-11(15)16-8-10;/h6-9,12-14H,10-11,15-16H2,1-5H3,(H,30,31,32,33);3-6,9-11,25H,7-8,12-13H2,1-2H3,(H,26,27,28,29);3-6H,7H2,1-2H3;4-5,8H,6-7,9H2,1-3H3,(H2,15,16);1H. The number of halogens is 5. The van der Waals surface area contributed by atoms with Gasteiger partial charge in [-0.2, -0.15) is 0 Å². The van der Waals surface area contributed by atoms with Crippen molar-refractivity contribution < 1.29 is 60.8 Å². The number of aromatic nitrogens is 9. The molecule has 0 atom stereocenters. The molecule has 3 aromatic carbocycles. The number of nitrogens with one attached hydrogen (secondary N) is 3. The number of carbonyl (C=O) groups excluding carboxylic acids is 5. The van der Waals surface area contributed by atoms with Gasteiger partial charge in [0.15, 0.2) is 34.7 Å². The number of anilines is 8. The molecule has 5 N–H and O–H groups in total. The van der Waals surface area contributed by atoms with Crippen LogP contribution in [0.25, 0.3) is 33.8 Å². The van der Waals surface area contributed by atoms with Crippen LogP contribution in [0.4, 0.5) is 69.2 Å². The fraction of sp³-hybridized carbons (Fsp3) is 0.367. The highest BCUT2D eigenvalue weighted by Gasteiger charge is 2.39. The molecule has 6 aliphatic rings. The van der Waals surface area contributed by atoms with Crippen molar-refractivity contribution in [1.82, 2.24) is 60.0 Å². The van der Waals surface area contributed by atoms with Crippen molar-refractivity contribution in [3.05, 3.63) is 168 Å². The van der Waals surface area contributed by atoms with E-state index in [0.29, 0.717) is 151 Å². The van der Waals surface area contributed by atoms with E-state index in [-0.39, 0.29) is 70.6 Å². The van der Waals surface area contributed by atoms with Crippen molar-refractivity contribution in [3.8, 4) is 51.0 Å². The van der Waals surface area contributed by atoms with Gasteiger partial charge in [-0.15, -0.1) is 12.4 Å². The van der Waals surface area contributed by atoms with Crippen molar-refractivity contribution in [2.75, 3.05) is 110 Å². The molecule has 6 aromatic heterocycles. The molecule has 3 fully saturated rings. The number of piperazine rings is 3. The van der Waals surface area contributed by atoms with E-state index in [1.807, 2.05) is 65.8 Å². The Morgan fingerprint density at radius 2 is 0.875 bits per heavy atom. The summed E-state index contributed by atoms with van der Waals surface area (Å²) in [5.74, 6) is 1.47. The van der Waals surface area contributed by atoms with Gasteiger partial charge in [0.1, 0.15) is 41.7 Å². The van der Waals surface area contributed by atoms with Gasteiger partial charge < -0.3 is 60.1 Å². The van der Waals surface area contributed by atoms with Gasteiger partial charge in [-0.1, -0.05) is 41.5 Å². The van der Waals surface area contributed by atoms with E-state index in [0.717, 1.165) is 28.9 Å². The number of carbonyl (C=O) groups is 5. The van der Waals surface area contributed by atoms with Crippen LogP contribution in [0, 0.1) is 17.5 Å². The summed E-state index contributed by atoms with van der Waals surface area (Å²) in [6.45, 7) is 27.3. The Labute approximate surface area is 656 Å². The molecule has 6 aliphatic heterocycles. The topological polar surface area (TPSA) is 326 Å². The van der Waals surface area contributed by atoms with E-state index in [1.54, 1.807) is 142 Å². The molecule has 0 radical (unpaired) electrons. The fourth-order valence-electron chi connectivity index (χ4n) is 12.6. The maximum atomic E-state index is 14.7. The number of nitrogens with two attached hydrogens (primary N) is 1. The van der Waals surface area contributed by atoms with Gasteiger partial charge in [-0.3, -0.25) is 24.2 Å². The van der Waals surface area contributed by atoms with Crippen LogP contribution in [0.5, 0.6) is 17.2 Å². The first-order chi connectivity index (χ1) is 52.5. The largest absolute Gasteiger partial charge is 0.489 e. The first kappa shape index (κ1) is 81.4. The quantitative estimate of drug-likeness (QED) is 0.0924. The molecule has 0 unspecified atom stereocenters. The summed E-state index contributed by atoms with van der Waals surface area (Å²) in [4.78, 5) is 107. The number of amides is 5. The van der Waals surface area contributed by atoms with Crippen LogP contribution in [0.15, 0.2) is 128 Å². The summed E-state index contributed by atoms with van der Waals surface area (Å²) in [7, 11) is 0. The molecule has 112 heavy (non-hydrogen) atoms. The van der Waals surface area contributed by atoms with Crippen molar-refractivity contribution >= 4 is 100 Å². The van der Waals surface area contributed by atoms with E-state index in [9.17, 15) is 37.1 Å². The van der Waals surface area contributed by atoms with Crippen molar-refractivity contribution in [3.63, 3.8) is 0 Å². The van der Waals surface area contributed by atoms with Gasteiger partial charge in [-0.05, 0) is 144 Å². The molecule has 3 saturated heterocycles. The summed E-state index contributed by atoms with van der Waals surface area (Å²) in [5.41, 5.74) is 11.8. The molecule has 33 heteroatoms. The molecule has 5 amide bonds. The van der Waals surface area contributed by atoms with Gasteiger partial charge in [0.05, 0.1) is 79.1 Å². The Morgan fingerprint density at radius 1 is 0.500 bits per heavy atom. The molecule has 0 bridgehead atoms. The van der Waals surface area contributed by atoms with Crippen LogP contribution in [-0.2, 0) is 40.1 Å². The number of rotatable bonds is 10. The lowest BCUT2D eigenvalue weighted by Crippen LogP contribution is -2.53. The molecule has 12 heterocycles. The van der Waals surface area contributed by atoms with Crippen molar-refractivity contribution in [2.24, 2.45) is 0 Å². The highest BCUT2D eigenvalue weighted by atomic mass is 35.5. The number of nitrogen functional groups attached to an aromatic ring is 1. The highest BCUT2D eigenvalue weighted by Crippen LogP contribution is 2.45. The molecule has 15 rings (SSSR count). The molecule has 588 valence electrons. The minimum absolute atomic E-state index is 0. The third kappa shape index (κ3) is 19.4. The van der Waals surface area contributed by atoms with Crippen LogP contribution in [0.2, 0.25) is 5.28 Å². The summed E-state index contributed by atoms with van der Waals surface area (Å²) in [6.07, 6.45) is 8.56. The maximum Gasteiger partial charge on any atom is 0.410 e. The SMILES string of the molecule is CC(C)(C)OC(=O)N1CCN(c2ccc(N)nc2)C(=O)C1.CC(C)(C)OC(=O)N1CCN(c2ccc(Nc3nccc(-c4cc(F)c5c(c4)C(C)(C)CO5)n3)nc2)C(=O)C1.CC1(C)COc2c(F)cc(-c3ccnc(Cl)n3)cc21.CC1(C)COc2c(F)cc(-c3ccnc(Nc4ccc(N5CCNCC5=O)cn4)n3)cc21.Cl. The number of pyridine rings is 3. The predicted molar refractivity (Wildman–Crippen MR) is 419 cm³/mol. The Morgan fingerprint density at radius 3 is 1.22 bits per heavy atom. The number of fused-ring (bicyclic) bond motifs is 3. The van der Waals surface area contributed by atoms with Crippen molar-refractivity contribution in [1.29, 1.82) is 0 Å². The maximum absolute atomic E-state index is 14.7. The third-order valence-corrected chi connectivity index (χ3v) is 18.6. The zero-order valence-corrected chi connectivity index (χ0v) is 65.5. The zero-order chi connectivity index (χ0) is 79.5. The molecule has 0 saturated carbocycles. The highest BCUT2D eigenvalue weighted by molar-refractivity contribution is 6.28. The number of ether oxygens (including phenoxy) is 5. The summed E-state index contributed by atoms with van der Waals surface area (Å²) in [6, 6.07) is 25.6. The van der Waals surface area contributed by atoms with E-state index >= 15 is 0 Å². The number of nitrogens with zero attached hydrogens (tertiary/aromatic N) is 14. The lowest BCUT2D eigenvalue weighted by molar-refractivity contribution is -0.121. The Bertz CT molecular complexity index is 5000. The van der Waals surface area contributed by atoms with Gasteiger partial charge in [0.2, 0.25) is 34.9 Å². The third-order valence-electron chi connectivity index (χ3n) is 18.4. The number of hydrogen-bond donors (Lipinski definition) is 4. The molecular formula is C79H87Cl2F3N18O10. The minimum atomic E-state index is -0.629. The zero-order valence-electron chi connectivity index (χ0n) is 64.0. The predicted octanol–water partition coefficient (Wildman–Crippen LogP) is 13.0. The first-order valence-corrected chi connectivity index (χ1v) is 36.2. The lowest BCUT2D eigenvalue weighted by Gasteiger charge is -2.35. The average Bonchev–Trinajstić information content (AvgIpc) is 1.63. The van der Waals surface area contributed by atoms with Crippen LogP contribution in [0.1, 0.15) is 99.8 Å². The molecule has 0 spiro atoms. The van der Waals surface area contributed by atoms with Crippen LogP contribution < -0.4 is 50.6 Å². The minimum Gasteiger partial charge on any atom is -0.489 e. The van der Waals surface area contributed by atoms with Crippen molar-refractivity contribution in [2.45, 2.75) is 111 Å².